The van der Waals surface area contributed by atoms with Gasteiger partial charge in [0, 0.05) is 37.9 Å². The number of aliphatic hydroxyl groups excluding tert-OH is 1. The number of aliphatic hydroxyl groups is 1. The second-order valence-electron chi connectivity index (χ2n) is 8.24. The summed E-state index contributed by atoms with van der Waals surface area (Å²) in [6, 6.07) is 0. The van der Waals surface area contributed by atoms with Crippen molar-refractivity contribution in [1.29, 1.82) is 0 Å². The van der Waals surface area contributed by atoms with Crippen LogP contribution in [0.1, 0.15) is 71.8 Å². The average Bonchev–Trinajstić information content (AvgIpc) is 3.01. The van der Waals surface area contributed by atoms with Gasteiger partial charge in [0.1, 0.15) is 5.76 Å². The number of Topliss-reactive ketones (excluding diaryl/α,β-unsaturated/α-hetero) is 1. The number of furan rings is 1. The quantitative estimate of drug-likeness (QED) is 0.923. The number of rotatable bonds is 3. The van der Waals surface area contributed by atoms with Gasteiger partial charge in [0.05, 0.1) is 11.7 Å². The number of nitrogens with zero attached hydrogens (tertiary/aromatic N) is 1. The maximum atomic E-state index is 12.8. The van der Waals surface area contributed by atoms with E-state index in [2.05, 4.69) is 0 Å². The maximum absolute atomic E-state index is 12.8. The Morgan fingerprint density at radius 1 is 1.33 bits per heavy atom. The molecule has 24 heavy (non-hydrogen) atoms. The van der Waals surface area contributed by atoms with Crippen LogP contribution in [0, 0.1) is 18.3 Å². The molecule has 2 aliphatic rings. The van der Waals surface area contributed by atoms with Crippen LogP contribution in [0.25, 0.3) is 0 Å². The Kier molecular flexibility index (Phi) is 4.32. The van der Waals surface area contributed by atoms with Gasteiger partial charge in [-0.3, -0.25) is 9.59 Å². The number of hydrogen-bond donors (Lipinski definition) is 1. The minimum atomic E-state index is -0.325. The maximum Gasteiger partial charge on any atom is 0.289 e. The second-order valence-corrected chi connectivity index (χ2v) is 8.24. The van der Waals surface area contributed by atoms with Gasteiger partial charge in [0.2, 0.25) is 0 Å². The van der Waals surface area contributed by atoms with E-state index in [1.54, 1.807) is 18.9 Å². The third kappa shape index (κ3) is 3.02. The zero-order valence-electron chi connectivity index (χ0n) is 15.0. The molecule has 1 N–H and O–H groups in total. The first-order valence-electron chi connectivity index (χ1n) is 8.78. The third-order valence-corrected chi connectivity index (χ3v) is 5.45. The molecular formula is C19H27NO4. The zero-order valence-corrected chi connectivity index (χ0v) is 15.0. The minimum absolute atomic E-state index is 0.0652. The molecule has 1 heterocycles. The van der Waals surface area contributed by atoms with Gasteiger partial charge in [-0.05, 0) is 25.2 Å². The summed E-state index contributed by atoms with van der Waals surface area (Å²) >= 11 is 0. The average molecular weight is 333 g/mol. The summed E-state index contributed by atoms with van der Waals surface area (Å²) in [6.45, 7) is 6.40. The van der Waals surface area contributed by atoms with E-state index in [0.29, 0.717) is 36.3 Å². The zero-order chi connectivity index (χ0) is 17.6. The first-order chi connectivity index (χ1) is 11.2. The second kappa shape index (κ2) is 6.03. The number of carbonyl (C=O) groups is 2. The minimum Gasteiger partial charge on any atom is -0.455 e. The molecule has 2 unspecified atom stereocenters. The van der Waals surface area contributed by atoms with E-state index in [-0.39, 0.29) is 34.9 Å². The third-order valence-electron chi connectivity index (χ3n) is 5.45. The van der Waals surface area contributed by atoms with Crippen LogP contribution in [0.2, 0.25) is 0 Å². The van der Waals surface area contributed by atoms with E-state index >= 15 is 0 Å². The van der Waals surface area contributed by atoms with Gasteiger partial charge < -0.3 is 14.4 Å². The molecule has 132 valence electrons. The number of ketones is 1. The molecule has 3 rings (SSSR count). The lowest BCUT2D eigenvalue weighted by molar-refractivity contribution is 0.0659. The first kappa shape index (κ1) is 17.2. The van der Waals surface area contributed by atoms with Crippen LogP contribution in [0.15, 0.2) is 4.42 Å². The molecule has 1 aromatic heterocycles. The van der Waals surface area contributed by atoms with Crippen molar-refractivity contribution in [1.82, 2.24) is 4.90 Å². The van der Waals surface area contributed by atoms with Crippen molar-refractivity contribution in [3.05, 3.63) is 22.6 Å². The van der Waals surface area contributed by atoms with Gasteiger partial charge >= 0.3 is 0 Å². The van der Waals surface area contributed by atoms with Gasteiger partial charge in [0.25, 0.3) is 5.91 Å². The van der Waals surface area contributed by atoms with Crippen LogP contribution >= 0.6 is 0 Å². The van der Waals surface area contributed by atoms with Gasteiger partial charge in [-0.25, -0.2) is 0 Å². The van der Waals surface area contributed by atoms with Gasteiger partial charge in [-0.2, -0.15) is 0 Å². The van der Waals surface area contributed by atoms with E-state index in [1.165, 1.54) is 0 Å². The van der Waals surface area contributed by atoms with Crippen LogP contribution in [-0.2, 0) is 6.42 Å². The predicted molar refractivity (Wildman–Crippen MR) is 90.2 cm³/mol. The van der Waals surface area contributed by atoms with Crippen molar-refractivity contribution in [3.63, 3.8) is 0 Å². The summed E-state index contributed by atoms with van der Waals surface area (Å²) in [4.78, 5) is 26.8. The highest BCUT2D eigenvalue weighted by atomic mass is 16.4. The Morgan fingerprint density at radius 2 is 2.04 bits per heavy atom. The van der Waals surface area contributed by atoms with E-state index in [9.17, 15) is 14.7 Å². The molecule has 0 aliphatic heterocycles. The van der Waals surface area contributed by atoms with Crippen LogP contribution in [-0.4, -0.2) is 41.4 Å². The normalized spacial score (nSPS) is 25.6. The molecule has 1 saturated carbocycles. The SMILES string of the molecule is Cc1c(C(=O)N(C)CC2CCCC2O)oc2c1C(=O)CC(C)(C)C2. The molecule has 5 heteroatoms. The van der Waals surface area contributed by atoms with Crippen molar-refractivity contribution in [3.8, 4) is 0 Å². The summed E-state index contributed by atoms with van der Waals surface area (Å²) in [5.41, 5.74) is 1.13. The monoisotopic (exact) mass is 333 g/mol. The fourth-order valence-electron chi connectivity index (χ4n) is 4.13. The molecule has 1 fully saturated rings. The Hall–Kier alpha value is -1.62. The van der Waals surface area contributed by atoms with E-state index < -0.39 is 0 Å². The topological polar surface area (TPSA) is 70.8 Å². The lowest BCUT2D eigenvalue weighted by Crippen LogP contribution is -2.34. The molecule has 0 bridgehead atoms. The van der Waals surface area contributed by atoms with Crippen molar-refractivity contribution in [2.75, 3.05) is 13.6 Å². The smallest absolute Gasteiger partial charge is 0.289 e. The fraction of sp³-hybridized carbons (Fsp3) is 0.684. The van der Waals surface area contributed by atoms with Crippen LogP contribution in [0.5, 0.6) is 0 Å². The molecule has 0 saturated heterocycles. The number of hydrogen-bond acceptors (Lipinski definition) is 4. The summed E-state index contributed by atoms with van der Waals surface area (Å²) in [5, 5.41) is 9.96. The van der Waals surface area contributed by atoms with E-state index in [0.717, 1.165) is 19.3 Å². The highest BCUT2D eigenvalue weighted by molar-refractivity contribution is 6.03. The van der Waals surface area contributed by atoms with Gasteiger partial charge in [0.15, 0.2) is 11.5 Å². The molecule has 1 aromatic rings. The summed E-state index contributed by atoms with van der Waals surface area (Å²) in [6.07, 6.45) is 3.59. The van der Waals surface area contributed by atoms with E-state index in [4.69, 9.17) is 4.42 Å². The Morgan fingerprint density at radius 3 is 2.67 bits per heavy atom. The Labute approximate surface area is 143 Å². The van der Waals surface area contributed by atoms with Crippen LogP contribution in [0.3, 0.4) is 0 Å². The fourth-order valence-corrected chi connectivity index (χ4v) is 4.13. The van der Waals surface area contributed by atoms with E-state index in [1.807, 2.05) is 13.8 Å². The Balaban J connectivity index is 1.82. The number of fused-ring (bicyclic) bond motifs is 1. The molecule has 0 radical (unpaired) electrons. The van der Waals surface area contributed by atoms with Gasteiger partial charge in [-0.15, -0.1) is 0 Å². The van der Waals surface area contributed by atoms with Crippen LogP contribution in [0.4, 0.5) is 0 Å². The molecule has 0 aromatic carbocycles. The highest BCUT2D eigenvalue weighted by Gasteiger charge is 2.38. The van der Waals surface area contributed by atoms with Crippen molar-refractivity contribution in [2.24, 2.45) is 11.3 Å². The summed E-state index contributed by atoms with van der Waals surface area (Å²) in [5.74, 6) is 0.916. The lowest BCUT2D eigenvalue weighted by Gasteiger charge is -2.27. The molecule has 5 nitrogen and oxygen atoms in total. The largest absolute Gasteiger partial charge is 0.455 e. The Bertz CT molecular complexity index is 673. The molecule has 1 amide bonds. The summed E-state index contributed by atoms with van der Waals surface area (Å²) < 4.78 is 5.84. The lowest BCUT2D eigenvalue weighted by atomic mass is 9.76. The van der Waals surface area contributed by atoms with Crippen molar-refractivity contribution >= 4 is 11.7 Å². The predicted octanol–water partition coefficient (Wildman–Crippen LogP) is 2.98. The van der Waals surface area contributed by atoms with Gasteiger partial charge in [-0.1, -0.05) is 20.3 Å². The van der Waals surface area contributed by atoms with Crippen LogP contribution < -0.4 is 0 Å². The summed E-state index contributed by atoms with van der Waals surface area (Å²) in [7, 11) is 1.74. The standard InChI is InChI=1S/C19H27NO4/c1-11-16-14(22)8-19(2,3)9-15(16)24-17(11)18(23)20(4)10-12-6-5-7-13(12)21/h12-13,21H,5-10H2,1-4H3. The van der Waals surface area contributed by atoms with Crippen molar-refractivity contribution in [2.45, 2.75) is 59.0 Å². The first-order valence-corrected chi connectivity index (χ1v) is 8.78. The molecule has 0 spiro atoms. The number of carbonyl (C=O) groups excluding carboxylic acids is 2. The molecule has 2 atom stereocenters. The molecular weight excluding hydrogens is 306 g/mol. The number of amides is 1. The highest BCUT2D eigenvalue weighted by Crippen LogP contribution is 2.38. The van der Waals surface area contributed by atoms with Crippen molar-refractivity contribution < 1.29 is 19.1 Å². The molecule has 2 aliphatic carbocycles.